The Morgan fingerprint density at radius 3 is 2.29 bits per heavy atom. The zero-order chi connectivity index (χ0) is 25.6. The van der Waals surface area contributed by atoms with Gasteiger partial charge in [0.2, 0.25) is 21.8 Å². The highest BCUT2D eigenvalue weighted by molar-refractivity contribution is 7.92. The van der Waals surface area contributed by atoms with Crippen LogP contribution >= 0.6 is 23.2 Å². The third kappa shape index (κ3) is 7.59. The highest BCUT2D eigenvalue weighted by Crippen LogP contribution is 2.28. The summed E-state index contributed by atoms with van der Waals surface area (Å²) in [6.07, 6.45) is 6.16. The van der Waals surface area contributed by atoms with E-state index in [0.717, 1.165) is 48.2 Å². The van der Waals surface area contributed by atoms with E-state index >= 15 is 0 Å². The first kappa shape index (κ1) is 27.3. The van der Waals surface area contributed by atoms with Crippen LogP contribution in [-0.4, -0.2) is 50.0 Å². The van der Waals surface area contributed by atoms with Crippen molar-refractivity contribution in [3.63, 3.8) is 0 Å². The summed E-state index contributed by atoms with van der Waals surface area (Å²) in [6, 6.07) is 13.0. The van der Waals surface area contributed by atoms with Gasteiger partial charge in [-0.3, -0.25) is 13.9 Å². The minimum absolute atomic E-state index is 0.0936. The lowest BCUT2D eigenvalue weighted by Crippen LogP contribution is -2.52. The minimum Gasteiger partial charge on any atom is -0.352 e. The second kappa shape index (κ2) is 12.1. The zero-order valence-electron chi connectivity index (χ0n) is 19.9. The number of nitrogens with zero attached hydrogens (tertiary/aromatic N) is 2. The van der Waals surface area contributed by atoms with E-state index in [-0.39, 0.29) is 34.2 Å². The van der Waals surface area contributed by atoms with Crippen LogP contribution in [0.15, 0.2) is 48.5 Å². The summed E-state index contributed by atoms with van der Waals surface area (Å²) in [5.74, 6) is -0.752. The number of nitrogens with one attached hydrogen (secondary N) is 1. The third-order valence-corrected chi connectivity index (χ3v) is 8.06. The van der Waals surface area contributed by atoms with Crippen LogP contribution in [0, 0.1) is 0 Å². The number of amides is 2. The summed E-state index contributed by atoms with van der Waals surface area (Å²) in [7, 11) is -3.83. The number of anilines is 1. The number of sulfonamides is 1. The number of rotatable bonds is 9. The molecule has 2 aromatic rings. The quantitative estimate of drug-likeness (QED) is 0.503. The summed E-state index contributed by atoms with van der Waals surface area (Å²) in [5.41, 5.74) is 1.05. The van der Waals surface area contributed by atoms with Gasteiger partial charge in [0, 0.05) is 12.6 Å². The van der Waals surface area contributed by atoms with Crippen molar-refractivity contribution in [3.05, 3.63) is 64.1 Å². The van der Waals surface area contributed by atoms with Gasteiger partial charge in [-0.2, -0.15) is 0 Å². The van der Waals surface area contributed by atoms with Gasteiger partial charge in [0.1, 0.15) is 12.6 Å². The number of carbonyl (C=O) groups excluding carboxylic acids is 2. The van der Waals surface area contributed by atoms with Crippen LogP contribution in [0.2, 0.25) is 10.0 Å². The van der Waals surface area contributed by atoms with E-state index in [9.17, 15) is 18.0 Å². The van der Waals surface area contributed by atoms with Gasteiger partial charge in [0.05, 0.1) is 22.0 Å². The Kier molecular flexibility index (Phi) is 9.44. The molecule has 3 rings (SSSR count). The molecule has 1 atom stereocenters. The lowest BCUT2D eigenvalue weighted by atomic mass is 9.95. The molecule has 0 unspecified atom stereocenters. The smallest absolute Gasteiger partial charge is 0.244 e. The van der Waals surface area contributed by atoms with E-state index in [1.807, 2.05) is 30.3 Å². The van der Waals surface area contributed by atoms with Gasteiger partial charge in [0.25, 0.3) is 0 Å². The zero-order valence-corrected chi connectivity index (χ0v) is 22.2. The summed E-state index contributed by atoms with van der Waals surface area (Å²) >= 11 is 12.1. The molecule has 2 amide bonds. The van der Waals surface area contributed by atoms with Gasteiger partial charge in [-0.25, -0.2) is 8.42 Å². The SMILES string of the molecule is C[C@@H](C(=O)NC1CCCCC1)N(Cc1ccccc1)C(=O)CN(c1ccc(Cl)c(Cl)c1)S(C)(=O)=O. The van der Waals surface area contributed by atoms with Gasteiger partial charge in [0.15, 0.2) is 0 Å². The average molecular weight is 541 g/mol. The van der Waals surface area contributed by atoms with E-state index in [1.165, 1.54) is 23.1 Å². The molecule has 0 saturated heterocycles. The van der Waals surface area contributed by atoms with E-state index in [1.54, 1.807) is 6.92 Å². The van der Waals surface area contributed by atoms with Crippen molar-refractivity contribution in [1.29, 1.82) is 0 Å². The number of benzene rings is 2. The third-order valence-electron chi connectivity index (χ3n) is 6.18. The van der Waals surface area contributed by atoms with Crippen molar-refractivity contribution in [2.45, 2.75) is 57.7 Å². The molecule has 0 aliphatic heterocycles. The summed E-state index contributed by atoms with van der Waals surface area (Å²) in [4.78, 5) is 28.1. The molecule has 190 valence electrons. The molecule has 35 heavy (non-hydrogen) atoms. The molecular weight excluding hydrogens is 509 g/mol. The molecule has 0 bridgehead atoms. The van der Waals surface area contributed by atoms with Crippen LogP contribution in [0.1, 0.15) is 44.6 Å². The van der Waals surface area contributed by atoms with E-state index in [0.29, 0.717) is 0 Å². The van der Waals surface area contributed by atoms with Crippen molar-refractivity contribution in [2.75, 3.05) is 17.1 Å². The Labute approximate surface area is 217 Å². The topological polar surface area (TPSA) is 86.8 Å². The maximum Gasteiger partial charge on any atom is 0.244 e. The molecule has 1 aliphatic rings. The Balaban J connectivity index is 1.86. The van der Waals surface area contributed by atoms with Crippen LogP contribution in [0.4, 0.5) is 5.69 Å². The molecule has 1 fully saturated rings. The normalized spacial score (nSPS) is 15.3. The largest absolute Gasteiger partial charge is 0.352 e. The summed E-state index contributed by atoms with van der Waals surface area (Å²) < 4.78 is 26.2. The van der Waals surface area contributed by atoms with Crippen LogP contribution in [0.5, 0.6) is 0 Å². The molecule has 0 heterocycles. The fourth-order valence-corrected chi connectivity index (χ4v) is 5.32. The predicted molar refractivity (Wildman–Crippen MR) is 140 cm³/mol. The first-order chi connectivity index (χ1) is 16.6. The number of hydrogen-bond acceptors (Lipinski definition) is 4. The van der Waals surface area contributed by atoms with Gasteiger partial charge in [-0.1, -0.05) is 72.8 Å². The minimum atomic E-state index is -3.83. The molecule has 7 nitrogen and oxygen atoms in total. The summed E-state index contributed by atoms with van der Waals surface area (Å²) in [6.45, 7) is 1.35. The molecule has 1 N–H and O–H groups in total. The number of hydrogen-bond donors (Lipinski definition) is 1. The van der Waals surface area contributed by atoms with Gasteiger partial charge in [-0.05, 0) is 43.5 Å². The van der Waals surface area contributed by atoms with Crippen LogP contribution in [0.3, 0.4) is 0 Å². The van der Waals surface area contributed by atoms with Crippen molar-refractivity contribution < 1.29 is 18.0 Å². The van der Waals surface area contributed by atoms with Crippen LogP contribution in [0.25, 0.3) is 0 Å². The number of halogens is 2. The Morgan fingerprint density at radius 2 is 1.69 bits per heavy atom. The highest BCUT2D eigenvalue weighted by atomic mass is 35.5. The van der Waals surface area contributed by atoms with Crippen molar-refractivity contribution in [1.82, 2.24) is 10.2 Å². The van der Waals surface area contributed by atoms with E-state index in [4.69, 9.17) is 23.2 Å². The first-order valence-electron chi connectivity index (χ1n) is 11.6. The highest BCUT2D eigenvalue weighted by Gasteiger charge is 2.31. The molecular formula is C25H31Cl2N3O4S. The van der Waals surface area contributed by atoms with E-state index < -0.39 is 28.5 Å². The monoisotopic (exact) mass is 539 g/mol. The average Bonchev–Trinajstić information content (AvgIpc) is 2.83. The van der Waals surface area contributed by atoms with E-state index in [2.05, 4.69) is 5.32 Å². The molecule has 0 spiro atoms. The predicted octanol–water partition coefficient (Wildman–Crippen LogP) is 4.63. The fraction of sp³-hybridized carbons (Fsp3) is 0.440. The second-order valence-electron chi connectivity index (χ2n) is 8.89. The number of carbonyl (C=O) groups is 2. The second-order valence-corrected chi connectivity index (χ2v) is 11.6. The standard InChI is InChI=1S/C25H31Cl2N3O4S/c1-18(25(32)28-20-11-7-4-8-12-20)29(16-19-9-5-3-6-10-19)24(31)17-30(35(2,33)34)21-13-14-22(26)23(27)15-21/h3,5-6,9-10,13-15,18,20H,4,7-8,11-12,16-17H2,1-2H3,(H,28,32)/t18-/m0/s1. The molecule has 1 saturated carbocycles. The lowest BCUT2D eigenvalue weighted by molar-refractivity contribution is -0.139. The molecule has 1 aliphatic carbocycles. The molecule has 0 aromatic heterocycles. The van der Waals surface area contributed by atoms with Gasteiger partial charge in [-0.15, -0.1) is 0 Å². The fourth-order valence-electron chi connectivity index (χ4n) is 4.19. The molecule has 0 radical (unpaired) electrons. The Bertz CT molecular complexity index is 1140. The van der Waals surface area contributed by atoms with Gasteiger partial charge < -0.3 is 10.2 Å². The lowest BCUT2D eigenvalue weighted by Gasteiger charge is -2.33. The maximum atomic E-state index is 13.5. The summed E-state index contributed by atoms with van der Waals surface area (Å²) in [5, 5.41) is 3.52. The maximum absolute atomic E-state index is 13.5. The van der Waals surface area contributed by atoms with Crippen molar-refractivity contribution in [3.8, 4) is 0 Å². The molecule has 2 aromatic carbocycles. The Hall–Kier alpha value is -2.29. The van der Waals surface area contributed by atoms with Crippen molar-refractivity contribution >= 4 is 50.7 Å². The Morgan fingerprint density at radius 1 is 1.03 bits per heavy atom. The van der Waals surface area contributed by atoms with Crippen LogP contribution in [-0.2, 0) is 26.2 Å². The van der Waals surface area contributed by atoms with Crippen molar-refractivity contribution in [2.24, 2.45) is 0 Å². The van der Waals surface area contributed by atoms with Gasteiger partial charge >= 0.3 is 0 Å². The van der Waals surface area contributed by atoms with Crippen LogP contribution < -0.4 is 9.62 Å². The molecule has 10 heteroatoms. The first-order valence-corrected chi connectivity index (χ1v) is 14.2.